The van der Waals surface area contributed by atoms with E-state index in [2.05, 4.69) is 26.6 Å². The van der Waals surface area contributed by atoms with Gasteiger partial charge in [0.1, 0.15) is 30.8 Å². The molecule has 0 aromatic rings. The number of amides is 5. The molecule has 78 heavy (non-hydrogen) atoms. The number of unbranched alkanes of at least 4 members (excludes halogenated alkanes) is 13. The molecule has 0 aliphatic rings. The Kier molecular flexibility index (Phi) is 51.0. The van der Waals surface area contributed by atoms with Crippen molar-refractivity contribution >= 4 is 70.8 Å². The van der Waals surface area contributed by atoms with Crippen molar-refractivity contribution in [3.63, 3.8) is 0 Å². The molecule has 24 nitrogen and oxygen atoms in total. The number of nitrogens with two attached hydrogens (primary N) is 1. The number of ether oxygens (including phenoxy) is 4. The average molecular weight is 1140 g/mol. The van der Waals surface area contributed by atoms with E-state index in [9.17, 15) is 53.1 Å². The van der Waals surface area contributed by atoms with Crippen LogP contribution in [0.4, 0.5) is 0 Å². The van der Waals surface area contributed by atoms with Crippen LogP contribution in [-0.2, 0) is 66.9 Å². The molecule has 11 N–H and O–H groups in total. The molecule has 0 aromatic carbocycles. The Balaban J connectivity index is 0. The van der Waals surface area contributed by atoms with Gasteiger partial charge in [-0.25, -0.2) is 4.79 Å². The topological polar surface area (TPSA) is 375 Å². The van der Waals surface area contributed by atoms with Gasteiger partial charge >= 0.3 is 17.9 Å². The van der Waals surface area contributed by atoms with E-state index in [4.69, 9.17) is 40.0 Å². The fourth-order valence-corrected chi connectivity index (χ4v) is 8.08. The van der Waals surface area contributed by atoms with Crippen LogP contribution in [0.3, 0.4) is 0 Å². The molecule has 0 aromatic heterocycles. The zero-order valence-electron chi connectivity index (χ0n) is 46.8. The first-order valence-corrected chi connectivity index (χ1v) is 28.8. The van der Waals surface area contributed by atoms with Gasteiger partial charge < -0.3 is 71.7 Å². The number of hydrogen-bond donors (Lipinski definition) is 10. The number of carbonyl (C=O) groups excluding carboxylic acids is 7. The molecular formula is C53H96N6O18S. The third-order valence-corrected chi connectivity index (χ3v) is 13.0. The molecular weight excluding hydrogens is 1040 g/mol. The number of carboxylic acid groups (broad SMARTS) is 3. The lowest BCUT2D eigenvalue weighted by molar-refractivity contribution is -0.144. The predicted octanol–water partition coefficient (Wildman–Crippen LogP) is 2.92. The van der Waals surface area contributed by atoms with Crippen molar-refractivity contribution in [1.29, 1.82) is 0 Å². The van der Waals surface area contributed by atoms with E-state index >= 15 is 0 Å². The molecule has 5 amide bonds. The molecule has 0 rings (SSSR count). The highest BCUT2D eigenvalue weighted by atomic mass is 32.2. The molecule has 0 bridgehead atoms. The number of hydrogen-bond acceptors (Lipinski definition) is 17. The van der Waals surface area contributed by atoms with E-state index in [0.29, 0.717) is 18.6 Å². The van der Waals surface area contributed by atoms with Crippen LogP contribution in [0.15, 0.2) is 0 Å². The fourth-order valence-electron chi connectivity index (χ4n) is 6.97. The maximum absolute atomic E-state index is 12.4. The first kappa shape index (κ1) is 75.3. The van der Waals surface area contributed by atoms with Crippen LogP contribution in [0.1, 0.15) is 156 Å². The second-order valence-electron chi connectivity index (χ2n) is 18.8. The number of Topliss-reactive ketones (excluding diaryl/α,β-unsaturated/α-hetero) is 2. The SMILES string of the molecule is CC(=O)[C@H](C)N.CC[C@@H](CSCC(=O)NCCNC(=O)COCCOCCNC(=O)COCCOCCNC(=O)CC[C@H](NC(=O)CCCCCCCCCCCCCCCCC(=O)O)C(=O)O)C(=O)CC[C@@H](CO)C(=O)O. The van der Waals surface area contributed by atoms with Crippen molar-refractivity contribution in [2.24, 2.45) is 17.6 Å². The highest BCUT2D eigenvalue weighted by molar-refractivity contribution is 7.99. The Labute approximate surface area is 465 Å². The zero-order chi connectivity index (χ0) is 58.6. The van der Waals surface area contributed by atoms with Gasteiger partial charge in [-0.15, -0.1) is 0 Å². The molecule has 0 heterocycles. The summed E-state index contributed by atoms with van der Waals surface area (Å²) in [6, 6.07) is -1.45. The minimum Gasteiger partial charge on any atom is -0.481 e. The van der Waals surface area contributed by atoms with Gasteiger partial charge in [0.25, 0.3) is 0 Å². The smallest absolute Gasteiger partial charge is 0.326 e. The Morgan fingerprint density at radius 3 is 1.37 bits per heavy atom. The van der Waals surface area contributed by atoms with Crippen LogP contribution >= 0.6 is 11.8 Å². The molecule has 0 fully saturated rings. The summed E-state index contributed by atoms with van der Waals surface area (Å²) in [7, 11) is 0. The van der Waals surface area contributed by atoms with Crippen molar-refractivity contribution < 1.29 is 87.3 Å². The Bertz CT molecular complexity index is 1680. The van der Waals surface area contributed by atoms with Gasteiger partial charge in [0.2, 0.25) is 29.5 Å². The quantitative estimate of drug-likeness (QED) is 0.0391. The van der Waals surface area contributed by atoms with Gasteiger partial charge in [-0.05, 0) is 46.0 Å². The number of thioether (sulfide) groups is 1. The monoisotopic (exact) mass is 1140 g/mol. The molecule has 4 atom stereocenters. The lowest BCUT2D eigenvalue weighted by Gasteiger charge is -2.15. The van der Waals surface area contributed by atoms with E-state index in [0.717, 1.165) is 44.9 Å². The van der Waals surface area contributed by atoms with E-state index in [1.807, 2.05) is 6.92 Å². The number of rotatable bonds is 53. The summed E-state index contributed by atoms with van der Waals surface area (Å²) in [5, 5.41) is 49.4. The number of aliphatic carboxylic acids is 3. The molecule has 0 saturated heterocycles. The third-order valence-electron chi connectivity index (χ3n) is 11.9. The highest BCUT2D eigenvalue weighted by Gasteiger charge is 2.23. The van der Waals surface area contributed by atoms with Crippen molar-refractivity contribution in [2.75, 3.05) is 97.1 Å². The molecule has 0 unspecified atom stereocenters. The molecule has 0 radical (unpaired) electrons. The van der Waals surface area contributed by atoms with Crippen LogP contribution in [0.2, 0.25) is 0 Å². The number of carboxylic acids is 3. The standard InChI is InChI=1S/C49H87N5O17S.C4H9NO/c1-2-38(41(56)21-19-39(33-55)48(64)65)36-72-37-46(61)51-24-23-50-44(59)34-70-31-30-69-28-26-53-45(60)35-71-32-29-68-27-25-52-42(57)22-20-40(49(66)67)54-43(58)17-15-13-11-9-7-5-3-4-6-8-10-12-14-16-18-47(62)63;1-3(5)4(2)6/h38-40,55H,2-37H2,1H3,(H,50,59)(H,51,61)(H,52,57)(H,53,60)(H,54,58)(H,62,63)(H,64,65)(H,66,67);3H,5H2,1-2H3/t38-,39-,40-;3-/m00/s1. The normalized spacial score (nSPS) is 12.4. The largest absolute Gasteiger partial charge is 0.481 e. The average Bonchev–Trinajstić information content (AvgIpc) is 3.39. The van der Waals surface area contributed by atoms with Crippen LogP contribution in [0, 0.1) is 11.8 Å². The minimum atomic E-state index is -1.20. The van der Waals surface area contributed by atoms with Crippen molar-refractivity contribution in [2.45, 2.75) is 168 Å². The summed E-state index contributed by atoms with van der Waals surface area (Å²) in [5.74, 6) is -5.57. The van der Waals surface area contributed by atoms with Gasteiger partial charge in [-0.2, -0.15) is 11.8 Å². The lowest BCUT2D eigenvalue weighted by atomic mass is 9.95. The lowest BCUT2D eigenvalue weighted by Crippen LogP contribution is -2.41. The second-order valence-corrected chi connectivity index (χ2v) is 19.8. The van der Waals surface area contributed by atoms with E-state index in [1.54, 1.807) is 6.92 Å². The first-order chi connectivity index (χ1) is 37.3. The molecule has 452 valence electrons. The number of carbonyl (C=O) groups is 10. The summed E-state index contributed by atoms with van der Waals surface area (Å²) in [6.07, 6.45) is 16.0. The van der Waals surface area contributed by atoms with Crippen LogP contribution in [0.25, 0.3) is 0 Å². The maximum atomic E-state index is 12.4. The zero-order valence-corrected chi connectivity index (χ0v) is 47.6. The molecule has 0 aliphatic carbocycles. The van der Waals surface area contributed by atoms with Gasteiger partial charge in [0, 0.05) is 63.5 Å². The molecule has 0 aliphatic heterocycles. The summed E-state index contributed by atoms with van der Waals surface area (Å²) >= 11 is 1.29. The van der Waals surface area contributed by atoms with Gasteiger partial charge in [-0.1, -0.05) is 84.0 Å². The van der Waals surface area contributed by atoms with Crippen molar-refractivity contribution in [1.82, 2.24) is 26.6 Å². The Hall–Kier alpha value is -4.79. The van der Waals surface area contributed by atoms with Crippen LogP contribution < -0.4 is 32.3 Å². The third kappa shape index (κ3) is 50.7. The molecule has 0 saturated carbocycles. The van der Waals surface area contributed by atoms with Gasteiger partial charge in [0.15, 0.2) is 0 Å². The molecule has 0 spiro atoms. The van der Waals surface area contributed by atoms with Crippen LogP contribution in [0.5, 0.6) is 0 Å². The summed E-state index contributed by atoms with van der Waals surface area (Å²) < 4.78 is 21.3. The Morgan fingerprint density at radius 2 is 0.936 bits per heavy atom. The van der Waals surface area contributed by atoms with E-state index < -0.39 is 36.5 Å². The minimum absolute atomic E-state index is 0.0370. The van der Waals surface area contributed by atoms with Crippen molar-refractivity contribution in [3.8, 4) is 0 Å². The van der Waals surface area contributed by atoms with Crippen LogP contribution in [-0.4, -0.2) is 189 Å². The fraction of sp³-hybridized carbons (Fsp3) is 0.811. The van der Waals surface area contributed by atoms with E-state index in [-0.39, 0.29) is 176 Å². The maximum Gasteiger partial charge on any atom is 0.326 e. The Morgan fingerprint density at radius 1 is 0.500 bits per heavy atom. The molecule has 25 heteroatoms. The van der Waals surface area contributed by atoms with E-state index in [1.165, 1.54) is 57.2 Å². The first-order valence-electron chi connectivity index (χ1n) is 27.7. The predicted molar refractivity (Wildman–Crippen MR) is 294 cm³/mol. The summed E-state index contributed by atoms with van der Waals surface area (Å²) in [4.78, 5) is 116. The summed E-state index contributed by atoms with van der Waals surface area (Å²) in [6.45, 7) is 5.90. The second kappa shape index (κ2) is 52.9. The highest BCUT2D eigenvalue weighted by Crippen LogP contribution is 2.18. The number of nitrogens with one attached hydrogen (secondary N) is 5. The number of aliphatic hydroxyl groups is 1. The van der Waals surface area contributed by atoms with Gasteiger partial charge in [0.05, 0.1) is 64.0 Å². The van der Waals surface area contributed by atoms with Gasteiger partial charge in [-0.3, -0.25) is 43.2 Å². The number of ketones is 2. The summed E-state index contributed by atoms with van der Waals surface area (Å²) in [5.41, 5.74) is 5.09. The number of aliphatic hydroxyl groups excluding tert-OH is 1. The van der Waals surface area contributed by atoms with Crippen molar-refractivity contribution in [3.05, 3.63) is 0 Å².